The molecule has 1 aliphatic heterocycles. The molecule has 16 heavy (non-hydrogen) atoms. The summed E-state index contributed by atoms with van der Waals surface area (Å²) in [6, 6.07) is 5.61. The molecule has 0 unspecified atom stereocenters. The highest BCUT2D eigenvalue weighted by molar-refractivity contribution is 5.98. The lowest BCUT2D eigenvalue weighted by Gasteiger charge is -2.03. The molecule has 1 N–H and O–H groups in total. The molecule has 86 valence electrons. The van der Waals surface area contributed by atoms with E-state index in [9.17, 15) is 13.6 Å². The van der Waals surface area contributed by atoms with Crippen molar-refractivity contribution in [2.75, 3.05) is 0 Å². The lowest BCUT2D eigenvalue weighted by atomic mass is 10.0. The molecule has 2 nitrogen and oxygen atoms in total. The van der Waals surface area contributed by atoms with Crippen LogP contribution in [0.5, 0.6) is 0 Å². The number of benzene rings is 1. The van der Waals surface area contributed by atoms with Crippen molar-refractivity contribution in [1.29, 1.82) is 0 Å². The van der Waals surface area contributed by atoms with Gasteiger partial charge < -0.3 is 5.32 Å². The van der Waals surface area contributed by atoms with E-state index >= 15 is 0 Å². The third kappa shape index (κ3) is 2.38. The van der Waals surface area contributed by atoms with Gasteiger partial charge in [0.25, 0.3) is 5.91 Å². The number of amides is 1. The second-order valence-electron chi connectivity index (χ2n) is 3.96. The van der Waals surface area contributed by atoms with Crippen LogP contribution in [0.4, 0.5) is 8.78 Å². The van der Waals surface area contributed by atoms with Crippen LogP contribution in [0, 0.1) is 0 Å². The standard InChI is InChI=1S/C12H13F2NO/c13-11(14)3-1-2-8-4-5-9-7-15-12(16)10(9)6-8/h4-6,11H,1-3,7H2,(H,15,16). The summed E-state index contributed by atoms with van der Waals surface area (Å²) in [5.41, 5.74) is 2.63. The van der Waals surface area contributed by atoms with E-state index in [0.717, 1.165) is 11.1 Å². The van der Waals surface area contributed by atoms with Gasteiger partial charge in [-0.2, -0.15) is 0 Å². The molecule has 0 aliphatic carbocycles. The maximum absolute atomic E-state index is 12.0. The molecule has 0 aromatic heterocycles. The van der Waals surface area contributed by atoms with Crippen molar-refractivity contribution >= 4 is 5.91 Å². The number of carbonyl (C=O) groups is 1. The van der Waals surface area contributed by atoms with E-state index in [1.165, 1.54) is 0 Å². The topological polar surface area (TPSA) is 29.1 Å². The predicted molar refractivity (Wildman–Crippen MR) is 56.6 cm³/mol. The van der Waals surface area contributed by atoms with Crippen molar-refractivity contribution in [1.82, 2.24) is 5.32 Å². The average molecular weight is 225 g/mol. The fourth-order valence-electron chi connectivity index (χ4n) is 1.88. The second-order valence-corrected chi connectivity index (χ2v) is 3.96. The van der Waals surface area contributed by atoms with Crippen molar-refractivity contribution in [3.63, 3.8) is 0 Å². The van der Waals surface area contributed by atoms with E-state index in [4.69, 9.17) is 0 Å². The van der Waals surface area contributed by atoms with Crippen LogP contribution in [0.15, 0.2) is 18.2 Å². The number of nitrogens with one attached hydrogen (secondary N) is 1. The smallest absolute Gasteiger partial charge is 0.251 e. The quantitative estimate of drug-likeness (QED) is 0.838. The summed E-state index contributed by atoms with van der Waals surface area (Å²) in [5, 5.41) is 2.73. The van der Waals surface area contributed by atoms with Gasteiger partial charge in [0, 0.05) is 18.5 Å². The highest BCUT2D eigenvalue weighted by Gasteiger charge is 2.18. The zero-order chi connectivity index (χ0) is 11.5. The van der Waals surface area contributed by atoms with Gasteiger partial charge in [-0.3, -0.25) is 4.79 Å². The van der Waals surface area contributed by atoms with E-state index in [2.05, 4.69) is 5.32 Å². The molecule has 1 amide bonds. The van der Waals surface area contributed by atoms with Gasteiger partial charge in [-0.25, -0.2) is 8.78 Å². The molecule has 0 radical (unpaired) electrons. The number of alkyl halides is 2. The molecule has 0 spiro atoms. The van der Waals surface area contributed by atoms with Gasteiger partial charge >= 0.3 is 0 Å². The summed E-state index contributed by atoms with van der Waals surface area (Å²) in [6.45, 7) is 0.575. The number of hydrogen-bond acceptors (Lipinski definition) is 1. The lowest BCUT2D eigenvalue weighted by molar-refractivity contribution is 0.0965. The van der Waals surface area contributed by atoms with Crippen LogP contribution in [0.3, 0.4) is 0 Å². The van der Waals surface area contributed by atoms with Gasteiger partial charge in [-0.15, -0.1) is 0 Å². The molecule has 0 bridgehead atoms. The van der Waals surface area contributed by atoms with Crippen LogP contribution in [0.1, 0.15) is 34.3 Å². The molecule has 4 heteroatoms. The fraction of sp³-hybridized carbons (Fsp3) is 0.417. The number of carbonyl (C=O) groups excluding carboxylic acids is 1. The van der Waals surface area contributed by atoms with Gasteiger partial charge in [-0.05, 0) is 30.0 Å². The Morgan fingerprint density at radius 3 is 2.94 bits per heavy atom. The monoisotopic (exact) mass is 225 g/mol. The molecule has 0 fully saturated rings. The normalized spacial score (nSPS) is 14.1. The number of fused-ring (bicyclic) bond motifs is 1. The first-order chi connectivity index (χ1) is 7.66. The van der Waals surface area contributed by atoms with E-state index < -0.39 is 6.43 Å². The molecule has 1 aromatic carbocycles. The zero-order valence-electron chi connectivity index (χ0n) is 8.80. The average Bonchev–Trinajstić information content (AvgIpc) is 2.60. The Hall–Kier alpha value is -1.45. The van der Waals surface area contributed by atoms with Crippen molar-refractivity contribution in [3.05, 3.63) is 34.9 Å². The van der Waals surface area contributed by atoms with Crippen LogP contribution in [0.2, 0.25) is 0 Å². The SMILES string of the molecule is O=C1NCc2ccc(CCCC(F)F)cc21. The van der Waals surface area contributed by atoms with Crippen LogP contribution >= 0.6 is 0 Å². The summed E-state index contributed by atoms with van der Waals surface area (Å²) >= 11 is 0. The van der Waals surface area contributed by atoms with Crippen molar-refractivity contribution in [2.45, 2.75) is 32.2 Å². The molecular formula is C12H13F2NO. The van der Waals surface area contributed by atoms with Crippen molar-refractivity contribution in [3.8, 4) is 0 Å². The number of rotatable bonds is 4. The first kappa shape index (κ1) is 11.0. The van der Waals surface area contributed by atoms with Gasteiger partial charge in [-0.1, -0.05) is 12.1 Å². The molecule has 1 heterocycles. The maximum Gasteiger partial charge on any atom is 0.251 e. The van der Waals surface area contributed by atoms with Crippen molar-refractivity contribution < 1.29 is 13.6 Å². The minimum absolute atomic E-state index is 0.0642. The highest BCUT2D eigenvalue weighted by Crippen LogP contribution is 2.18. The van der Waals surface area contributed by atoms with Gasteiger partial charge in [0.2, 0.25) is 6.43 Å². The van der Waals surface area contributed by atoms with Gasteiger partial charge in [0.1, 0.15) is 0 Å². The van der Waals surface area contributed by atoms with Crippen LogP contribution in [0.25, 0.3) is 0 Å². The Kier molecular flexibility index (Phi) is 3.17. The summed E-state index contributed by atoms with van der Waals surface area (Å²) in [5.74, 6) is -0.0642. The molecule has 1 aromatic rings. The Labute approximate surface area is 92.7 Å². The minimum atomic E-state index is -2.24. The Balaban J connectivity index is 2.01. The molecule has 0 saturated heterocycles. The van der Waals surface area contributed by atoms with Crippen LogP contribution < -0.4 is 5.32 Å². The van der Waals surface area contributed by atoms with Gasteiger partial charge in [0.05, 0.1) is 0 Å². The fourth-order valence-corrected chi connectivity index (χ4v) is 1.88. The second kappa shape index (κ2) is 4.60. The van der Waals surface area contributed by atoms with Crippen LogP contribution in [-0.4, -0.2) is 12.3 Å². The zero-order valence-corrected chi connectivity index (χ0v) is 8.80. The van der Waals surface area contributed by atoms with E-state index in [1.54, 1.807) is 0 Å². The number of aryl methyl sites for hydroxylation is 1. The lowest BCUT2D eigenvalue weighted by Crippen LogP contribution is -2.12. The predicted octanol–water partition coefficient (Wildman–Crippen LogP) is 2.52. The third-order valence-electron chi connectivity index (χ3n) is 2.75. The first-order valence-corrected chi connectivity index (χ1v) is 5.35. The third-order valence-corrected chi connectivity index (χ3v) is 2.75. The summed E-state index contributed by atoms with van der Waals surface area (Å²) in [4.78, 5) is 11.4. The first-order valence-electron chi connectivity index (χ1n) is 5.35. The van der Waals surface area contributed by atoms with Crippen molar-refractivity contribution in [2.24, 2.45) is 0 Å². The van der Waals surface area contributed by atoms with E-state index in [1.807, 2.05) is 18.2 Å². The van der Waals surface area contributed by atoms with Gasteiger partial charge in [0.15, 0.2) is 0 Å². The molecule has 0 atom stereocenters. The van der Waals surface area contributed by atoms with Crippen LogP contribution in [-0.2, 0) is 13.0 Å². The molecular weight excluding hydrogens is 212 g/mol. The minimum Gasteiger partial charge on any atom is -0.348 e. The summed E-state index contributed by atoms with van der Waals surface area (Å²) in [6.07, 6.45) is -1.26. The number of halogens is 2. The highest BCUT2D eigenvalue weighted by atomic mass is 19.3. The largest absolute Gasteiger partial charge is 0.348 e. The summed E-state index contributed by atoms with van der Waals surface area (Å²) in [7, 11) is 0. The van der Waals surface area contributed by atoms with E-state index in [-0.39, 0.29) is 12.3 Å². The molecule has 0 saturated carbocycles. The Bertz CT molecular complexity index is 404. The van der Waals surface area contributed by atoms with E-state index in [0.29, 0.717) is 24.9 Å². The summed E-state index contributed by atoms with van der Waals surface area (Å²) < 4.78 is 23.9. The Morgan fingerprint density at radius 2 is 2.19 bits per heavy atom. The maximum atomic E-state index is 12.0. The number of hydrogen-bond donors (Lipinski definition) is 1. The molecule has 2 rings (SSSR count). The Morgan fingerprint density at radius 1 is 1.38 bits per heavy atom. The molecule has 1 aliphatic rings.